The fourth-order valence-corrected chi connectivity index (χ4v) is 2.67. The van der Waals surface area contributed by atoms with Gasteiger partial charge in [-0.1, -0.05) is 18.2 Å². The van der Waals surface area contributed by atoms with Gasteiger partial charge in [-0.15, -0.1) is 0 Å². The second kappa shape index (κ2) is 5.59. The summed E-state index contributed by atoms with van der Waals surface area (Å²) in [6, 6.07) is 9.94. The average molecular weight is 269 g/mol. The van der Waals surface area contributed by atoms with E-state index in [1.165, 1.54) is 0 Å². The molecule has 1 atom stereocenters. The lowest BCUT2D eigenvalue weighted by Crippen LogP contribution is -2.45. The minimum absolute atomic E-state index is 0.0256. The lowest BCUT2D eigenvalue weighted by molar-refractivity contribution is 0.0932. The Hall–Kier alpha value is -1.94. The lowest BCUT2D eigenvalue weighted by atomic mass is 10.1. The van der Waals surface area contributed by atoms with Crippen LogP contribution in [0.4, 0.5) is 0 Å². The number of carbonyl (C=O) groups is 1. The second-order valence-electron chi connectivity index (χ2n) is 5.35. The number of carbonyl (C=O) groups excluding carboxylic acids is 1. The molecule has 0 saturated carbocycles. The Kier molecular flexibility index (Phi) is 3.65. The van der Waals surface area contributed by atoms with Gasteiger partial charge in [0, 0.05) is 23.7 Å². The summed E-state index contributed by atoms with van der Waals surface area (Å²) in [6.45, 7) is 3.84. The molecular weight excluding hydrogens is 250 g/mol. The number of fused-ring (bicyclic) bond motifs is 1. The Morgan fingerprint density at radius 1 is 1.35 bits per heavy atom. The van der Waals surface area contributed by atoms with Crippen LogP contribution in [0.15, 0.2) is 30.3 Å². The van der Waals surface area contributed by atoms with Gasteiger partial charge in [0.05, 0.1) is 11.1 Å². The standard InChI is InChI=1S/C16H19N3O/c1-11-7-8-12-4-2-6-14(15(12)18-11)16(20)19-13-5-3-9-17-10-13/h2,4,6-8,13,17H,3,5,9-10H2,1H3,(H,19,20). The normalized spacial score (nSPS) is 18.9. The van der Waals surface area contributed by atoms with Gasteiger partial charge in [0.15, 0.2) is 0 Å². The zero-order valence-corrected chi connectivity index (χ0v) is 11.6. The van der Waals surface area contributed by atoms with Crippen LogP contribution in [-0.2, 0) is 0 Å². The van der Waals surface area contributed by atoms with E-state index in [0.717, 1.165) is 42.5 Å². The molecule has 1 aromatic heterocycles. The van der Waals surface area contributed by atoms with Crippen molar-refractivity contribution in [1.29, 1.82) is 0 Å². The minimum Gasteiger partial charge on any atom is -0.348 e. The predicted molar refractivity (Wildman–Crippen MR) is 79.8 cm³/mol. The molecule has 104 valence electrons. The highest BCUT2D eigenvalue weighted by molar-refractivity contribution is 6.05. The largest absolute Gasteiger partial charge is 0.348 e. The van der Waals surface area contributed by atoms with Crippen molar-refractivity contribution in [3.05, 3.63) is 41.6 Å². The van der Waals surface area contributed by atoms with Crippen LogP contribution in [0.1, 0.15) is 28.9 Å². The first kappa shape index (κ1) is 13.1. The van der Waals surface area contributed by atoms with Crippen molar-refractivity contribution in [3.8, 4) is 0 Å². The highest BCUT2D eigenvalue weighted by Gasteiger charge is 2.18. The molecule has 1 unspecified atom stereocenters. The Morgan fingerprint density at radius 3 is 3.05 bits per heavy atom. The third-order valence-corrected chi connectivity index (χ3v) is 3.74. The molecule has 1 aliphatic rings. The molecule has 0 spiro atoms. The van der Waals surface area contributed by atoms with Gasteiger partial charge in [-0.25, -0.2) is 0 Å². The van der Waals surface area contributed by atoms with Gasteiger partial charge in [0.2, 0.25) is 0 Å². The van der Waals surface area contributed by atoms with Crippen LogP contribution in [0.5, 0.6) is 0 Å². The minimum atomic E-state index is -0.0256. The number of hydrogen-bond donors (Lipinski definition) is 2. The zero-order chi connectivity index (χ0) is 13.9. The van der Waals surface area contributed by atoms with Crippen LogP contribution in [0.3, 0.4) is 0 Å². The van der Waals surface area contributed by atoms with Gasteiger partial charge >= 0.3 is 0 Å². The number of nitrogens with one attached hydrogen (secondary N) is 2. The number of hydrogen-bond acceptors (Lipinski definition) is 3. The van der Waals surface area contributed by atoms with E-state index in [0.29, 0.717) is 5.56 Å². The van der Waals surface area contributed by atoms with Gasteiger partial charge in [-0.05, 0) is 38.4 Å². The summed E-state index contributed by atoms with van der Waals surface area (Å²) in [6.07, 6.45) is 2.15. The highest BCUT2D eigenvalue weighted by atomic mass is 16.1. The average Bonchev–Trinajstić information content (AvgIpc) is 2.47. The summed E-state index contributed by atoms with van der Waals surface area (Å²) in [7, 11) is 0. The number of para-hydroxylation sites is 1. The molecule has 2 heterocycles. The second-order valence-corrected chi connectivity index (χ2v) is 5.35. The summed E-state index contributed by atoms with van der Waals surface area (Å²) in [5.41, 5.74) is 2.38. The molecule has 20 heavy (non-hydrogen) atoms. The molecule has 1 amide bonds. The van der Waals surface area contributed by atoms with Crippen LogP contribution in [0, 0.1) is 6.92 Å². The first-order valence-electron chi connectivity index (χ1n) is 7.12. The van der Waals surface area contributed by atoms with Gasteiger partial charge in [0.1, 0.15) is 0 Å². The van der Waals surface area contributed by atoms with E-state index >= 15 is 0 Å². The van der Waals surface area contributed by atoms with Crippen molar-refractivity contribution in [2.24, 2.45) is 0 Å². The van der Waals surface area contributed by atoms with E-state index in [-0.39, 0.29) is 11.9 Å². The quantitative estimate of drug-likeness (QED) is 0.877. The van der Waals surface area contributed by atoms with Crippen molar-refractivity contribution in [1.82, 2.24) is 15.6 Å². The number of rotatable bonds is 2. The Balaban J connectivity index is 1.88. The van der Waals surface area contributed by atoms with E-state index < -0.39 is 0 Å². The molecule has 2 aromatic rings. The molecule has 3 rings (SSSR count). The third kappa shape index (κ3) is 2.65. The van der Waals surface area contributed by atoms with Crippen molar-refractivity contribution >= 4 is 16.8 Å². The summed E-state index contributed by atoms with van der Waals surface area (Å²) >= 11 is 0. The topological polar surface area (TPSA) is 54.0 Å². The van der Waals surface area contributed by atoms with Gasteiger partial charge in [-0.3, -0.25) is 9.78 Å². The molecule has 4 nitrogen and oxygen atoms in total. The number of benzene rings is 1. The van der Waals surface area contributed by atoms with E-state index in [1.807, 2.05) is 37.3 Å². The molecule has 1 saturated heterocycles. The summed E-state index contributed by atoms with van der Waals surface area (Å²) < 4.78 is 0. The number of piperidine rings is 1. The van der Waals surface area contributed by atoms with Gasteiger partial charge < -0.3 is 10.6 Å². The third-order valence-electron chi connectivity index (χ3n) is 3.74. The smallest absolute Gasteiger partial charge is 0.253 e. The fourth-order valence-electron chi connectivity index (χ4n) is 2.67. The monoisotopic (exact) mass is 269 g/mol. The Bertz CT molecular complexity index is 633. The maximum atomic E-state index is 12.5. The molecular formula is C16H19N3O. The van der Waals surface area contributed by atoms with Gasteiger partial charge in [-0.2, -0.15) is 0 Å². The summed E-state index contributed by atoms with van der Waals surface area (Å²) in [4.78, 5) is 17.0. The fraction of sp³-hybridized carbons (Fsp3) is 0.375. The highest BCUT2D eigenvalue weighted by Crippen LogP contribution is 2.17. The van der Waals surface area contributed by atoms with Crippen molar-refractivity contribution in [2.75, 3.05) is 13.1 Å². The van der Waals surface area contributed by atoms with Crippen LogP contribution in [-0.4, -0.2) is 30.0 Å². The predicted octanol–water partition coefficient (Wildman–Crippen LogP) is 2.03. The Labute approximate surface area is 118 Å². The summed E-state index contributed by atoms with van der Waals surface area (Å²) in [5, 5.41) is 7.42. The molecule has 1 fully saturated rings. The molecule has 0 aliphatic carbocycles. The van der Waals surface area contributed by atoms with Crippen molar-refractivity contribution < 1.29 is 4.79 Å². The number of aromatic nitrogens is 1. The van der Waals surface area contributed by atoms with Crippen molar-refractivity contribution in [3.63, 3.8) is 0 Å². The van der Waals surface area contributed by atoms with Crippen LogP contribution < -0.4 is 10.6 Å². The molecule has 1 aromatic carbocycles. The number of amides is 1. The zero-order valence-electron chi connectivity index (χ0n) is 11.6. The molecule has 0 bridgehead atoms. The van der Waals surface area contributed by atoms with Gasteiger partial charge in [0.25, 0.3) is 5.91 Å². The number of nitrogens with zero attached hydrogens (tertiary/aromatic N) is 1. The van der Waals surface area contributed by atoms with E-state index in [9.17, 15) is 4.79 Å². The number of pyridine rings is 1. The van der Waals surface area contributed by atoms with Crippen LogP contribution in [0.2, 0.25) is 0 Å². The van der Waals surface area contributed by atoms with E-state index in [1.54, 1.807) is 0 Å². The first-order valence-corrected chi connectivity index (χ1v) is 7.12. The number of aryl methyl sites for hydroxylation is 1. The lowest BCUT2D eigenvalue weighted by Gasteiger charge is -2.24. The molecule has 2 N–H and O–H groups in total. The maximum absolute atomic E-state index is 12.5. The van der Waals surface area contributed by atoms with Crippen LogP contribution in [0.25, 0.3) is 10.9 Å². The van der Waals surface area contributed by atoms with Crippen LogP contribution >= 0.6 is 0 Å². The molecule has 4 heteroatoms. The molecule has 1 aliphatic heterocycles. The molecule has 0 radical (unpaired) electrons. The Morgan fingerprint density at radius 2 is 2.25 bits per heavy atom. The summed E-state index contributed by atoms with van der Waals surface area (Å²) in [5.74, 6) is -0.0256. The van der Waals surface area contributed by atoms with Crippen molar-refractivity contribution in [2.45, 2.75) is 25.8 Å². The van der Waals surface area contributed by atoms with E-state index in [4.69, 9.17) is 0 Å². The SMILES string of the molecule is Cc1ccc2cccc(C(=O)NC3CCCNC3)c2n1. The van der Waals surface area contributed by atoms with E-state index in [2.05, 4.69) is 15.6 Å². The first-order chi connectivity index (χ1) is 9.74. The maximum Gasteiger partial charge on any atom is 0.253 e.